The van der Waals surface area contributed by atoms with Crippen molar-refractivity contribution in [3.05, 3.63) is 36.0 Å². The number of hydrogen-bond acceptors (Lipinski definition) is 5. The normalized spacial score (nSPS) is 23.8. The van der Waals surface area contributed by atoms with Crippen molar-refractivity contribution >= 4 is 11.6 Å². The summed E-state index contributed by atoms with van der Waals surface area (Å²) in [5, 5.41) is 7.50. The third-order valence-corrected chi connectivity index (χ3v) is 4.47. The molecular formula is C15H16ClF3N4O2. The van der Waals surface area contributed by atoms with E-state index in [2.05, 4.69) is 20.0 Å². The molecule has 0 bridgehead atoms. The molecular weight excluding hydrogens is 361 g/mol. The molecule has 1 aliphatic carbocycles. The fraction of sp³-hybridized carbons (Fsp3) is 0.533. The van der Waals surface area contributed by atoms with Crippen LogP contribution in [0.2, 0.25) is 0 Å². The maximum Gasteiger partial charge on any atom is 0.345 e. The minimum atomic E-state index is -2.86. The lowest BCUT2D eigenvalue weighted by atomic mass is 9.92. The van der Waals surface area contributed by atoms with Gasteiger partial charge in [-0.2, -0.15) is 8.78 Å². The van der Waals surface area contributed by atoms with Gasteiger partial charge in [-0.25, -0.2) is 14.1 Å². The second-order valence-electron chi connectivity index (χ2n) is 5.69. The summed E-state index contributed by atoms with van der Waals surface area (Å²) < 4.78 is 49.8. The molecule has 25 heavy (non-hydrogen) atoms. The molecule has 1 fully saturated rings. The van der Waals surface area contributed by atoms with Gasteiger partial charge in [0, 0.05) is 6.20 Å². The van der Waals surface area contributed by atoms with E-state index in [9.17, 15) is 13.2 Å². The zero-order valence-corrected chi connectivity index (χ0v) is 13.8. The number of pyridine rings is 1. The van der Waals surface area contributed by atoms with Crippen LogP contribution in [0.25, 0.3) is 0 Å². The van der Waals surface area contributed by atoms with Crippen LogP contribution in [0.3, 0.4) is 0 Å². The van der Waals surface area contributed by atoms with E-state index in [0.717, 1.165) is 0 Å². The lowest BCUT2D eigenvalue weighted by Gasteiger charge is -2.32. The van der Waals surface area contributed by atoms with E-state index in [-0.39, 0.29) is 18.5 Å². The average Bonchev–Trinajstić information content (AvgIpc) is 3.05. The summed E-state index contributed by atoms with van der Waals surface area (Å²) >= 11 is 6.05. The number of nitrogens with zero attached hydrogens (tertiary/aromatic N) is 4. The lowest BCUT2D eigenvalue weighted by Crippen LogP contribution is -2.35. The monoisotopic (exact) mass is 376 g/mol. The van der Waals surface area contributed by atoms with E-state index in [4.69, 9.17) is 16.3 Å². The third-order valence-electron chi connectivity index (χ3n) is 3.97. The molecule has 3 atom stereocenters. The largest absolute Gasteiger partial charge is 0.469 e. The summed E-state index contributed by atoms with van der Waals surface area (Å²) in [4.78, 5) is 3.78. The fourth-order valence-electron chi connectivity index (χ4n) is 2.76. The van der Waals surface area contributed by atoms with E-state index < -0.39 is 23.9 Å². The number of aromatic nitrogens is 4. The predicted octanol–water partition coefficient (Wildman–Crippen LogP) is 3.33. The van der Waals surface area contributed by atoms with Gasteiger partial charge in [-0.3, -0.25) is 0 Å². The highest BCUT2D eigenvalue weighted by atomic mass is 35.5. The van der Waals surface area contributed by atoms with Crippen molar-refractivity contribution in [1.29, 1.82) is 0 Å². The van der Waals surface area contributed by atoms with Gasteiger partial charge in [0.2, 0.25) is 0 Å². The Labute approximate surface area is 146 Å². The van der Waals surface area contributed by atoms with Gasteiger partial charge in [0.1, 0.15) is 12.3 Å². The van der Waals surface area contributed by atoms with Crippen molar-refractivity contribution in [2.75, 3.05) is 0 Å². The highest BCUT2D eigenvalue weighted by Crippen LogP contribution is 2.33. The molecule has 0 spiro atoms. The molecule has 1 saturated carbocycles. The first-order valence-corrected chi connectivity index (χ1v) is 8.18. The molecule has 2 aromatic heterocycles. The molecule has 0 aromatic carbocycles. The predicted molar refractivity (Wildman–Crippen MR) is 82.0 cm³/mol. The molecule has 0 saturated heterocycles. The van der Waals surface area contributed by atoms with Crippen molar-refractivity contribution < 1.29 is 22.6 Å². The summed E-state index contributed by atoms with van der Waals surface area (Å²) in [6.45, 7) is -2.87. The standard InChI is InChI=1S/C15H16ClF3N4O2/c16-11-4-3-10(6-13(11)25-15(18)19)23-7-9(21-22-23)8-24-14-12(17)2-1-5-20-14/h1-2,5,7,10-11,13,15H,3-4,6,8H2. The summed E-state index contributed by atoms with van der Waals surface area (Å²) in [6, 6.07) is 2.56. The highest BCUT2D eigenvalue weighted by molar-refractivity contribution is 6.21. The Bertz CT molecular complexity index is 703. The molecule has 2 aromatic rings. The molecule has 6 nitrogen and oxygen atoms in total. The Kier molecular flexibility index (Phi) is 5.74. The van der Waals surface area contributed by atoms with Crippen molar-refractivity contribution in [3.63, 3.8) is 0 Å². The summed E-state index contributed by atoms with van der Waals surface area (Å²) in [5.74, 6) is -0.688. The van der Waals surface area contributed by atoms with E-state index in [1.807, 2.05) is 0 Å². The second-order valence-corrected chi connectivity index (χ2v) is 6.25. The minimum Gasteiger partial charge on any atom is -0.469 e. The maximum absolute atomic E-state index is 13.5. The molecule has 0 amide bonds. The molecule has 3 rings (SSSR count). The lowest BCUT2D eigenvalue weighted by molar-refractivity contribution is -0.171. The molecule has 0 radical (unpaired) electrons. The third kappa shape index (κ3) is 4.60. The molecule has 136 valence electrons. The van der Waals surface area contributed by atoms with Gasteiger partial charge in [0.25, 0.3) is 5.88 Å². The second kappa shape index (κ2) is 8.01. The molecule has 3 unspecified atom stereocenters. The minimum absolute atomic E-state index is 0.00422. The van der Waals surface area contributed by atoms with Gasteiger partial charge >= 0.3 is 6.61 Å². The number of hydrogen-bond donors (Lipinski definition) is 0. The van der Waals surface area contributed by atoms with Gasteiger partial charge in [-0.05, 0) is 31.4 Å². The highest BCUT2D eigenvalue weighted by Gasteiger charge is 2.33. The number of rotatable bonds is 6. The fourth-order valence-corrected chi connectivity index (χ4v) is 3.05. The molecule has 10 heteroatoms. The maximum atomic E-state index is 13.5. The molecule has 1 aliphatic rings. The zero-order chi connectivity index (χ0) is 17.8. The van der Waals surface area contributed by atoms with Crippen molar-refractivity contribution in [2.24, 2.45) is 0 Å². The van der Waals surface area contributed by atoms with Crippen LogP contribution in [0, 0.1) is 5.82 Å². The van der Waals surface area contributed by atoms with Gasteiger partial charge in [0.15, 0.2) is 5.82 Å². The van der Waals surface area contributed by atoms with Crippen molar-refractivity contribution in [3.8, 4) is 5.88 Å². The van der Waals surface area contributed by atoms with E-state index in [1.54, 1.807) is 10.9 Å². The topological polar surface area (TPSA) is 62.1 Å². The Morgan fingerprint density at radius 1 is 1.36 bits per heavy atom. The Hall–Kier alpha value is -1.87. The quantitative estimate of drug-likeness (QED) is 0.724. The Morgan fingerprint density at radius 2 is 2.20 bits per heavy atom. The zero-order valence-electron chi connectivity index (χ0n) is 13.1. The van der Waals surface area contributed by atoms with E-state index >= 15 is 0 Å². The summed E-state index contributed by atoms with van der Waals surface area (Å²) in [7, 11) is 0. The van der Waals surface area contributed by atoms with Gasteiger partial charge in [-0.15, -0.1) is 16.7 Å². The number of alkyl halides is 3. The van der Waals surface area contributed by atoms with Crippen LogP contribution in [-0.2, 0) is 11.3 Å². The SMILES string of the molecule is Fc1cccnc1OCc1cn(C2CCC(Cl)C(OC(F)F)C2)nn1. The summed E-state index contributed by atoms with van der Waals surface area (Å²) in [5.41, 5.74) is 0.476. The van der Waals surface area contributed by atoms with Crippen LogP contribution in [0.1, 0.15) is 31.0 Å². The van der Waals surface area contributed by atoms with Gasteiger partial charge < -0.3 is 9.47 Å². The number of ether oxygens (including phenoxy) is 2. The van der Waals surface area contributed by atoms with Gasteiger partial charge in [0.05, 0.1) is 23.7 Å². The van der Waals surface area contributed by atoms with Crippen LogP contribution in [0.15, 0.2) is 24.5 Å². The molecule has 0 N–H and O–H groups in total. The van der Waals surface area contributed by atoms with Crippen LogP contribution >= 0.6 is 11.6 Å². The first-order valence-electron chi connectivity index (χ1n) is 7.74. The van der Waals surface area contributed by atoms with E-state index in [1.165, 1.54) is 18.3 Å². The van der Waals surface area contributed by atoms with Crippen LogP contribution in [0.5, 0.6) is 5.88 Å². The van der Waals surface area contributed by atoms with Crippen LogP contribution in [-0.4, -0.2) is 38.1 Å². The van der Waals surface area contributed by atoms with Crippen LogP contribution < -0.4 is 4.74 Å². The number of halogens is 4. The van der Waals surface area contributed by atoms with Crippen LogP contribution in [0.4, 0.5) is 13.2 Å². The van der Waals surface area contributed by atoms with E-state index in [0.29, 0.717) is 25.0 Å². The smallest absolute Gasteiger partial charge is 0.345 e. The van der Waals surface area contributed by atoms with Crippen molar-refractivity contribution in [1.82, 2.24) is 20.0 Å². The first kappa shape index (κ1) is 17.9. The molecule has 2 heterocycles. The average molecular weight is 377 g/mol. The van der Waals surface area contributed by atoms with Crippen molar-refractivity contribution in [2.45, 2.75) is 50.0 Å². The molecule has 0 aliphatic heterocycles. The Morgan fingerprint density at radius 3 is 2.96 bits per heavy atom. The van der Waals surface area contributed by atoms with Gasteiger partial charge in [-0.1, -0.05) is 5.21 Å². The summed E-state index contributed by atoms with van der Waals surface area (Å²) in [6.07, 6.45) is 3.84. The first-order chi connectivity index (χ1) is 12.0. The Balaban J connectivity index is 1.60.